The molecule has 1 saturated heterocycles. The number of halogens is 1. The number of nitrogens with zero attached hydrogens (tertiary/aromatic N) is 3. The average Bonchev–Trinajstić information content (AvgIpc) is 3.43. The molecule has 7 heteroatoms. The number of furan rings is 1. The van der Waals surface area contributed by atoms with Crippen LogP contribution in [0.4, 0.5) is 4.39 Å². The molecule has 0 radical (unpaired) electrons. The van der Waals surface area contributed by atoms with Crippen molar-refractivity contribution in [3.8, 4) is 5.75 Å². The molecule has 0 N–H and O–H groups in total. The molecule has 3 heterocycles. The molecule has 164 valence electrons. The van der Waals surface area contributed by atoms with Crippen LogP contribution in [0.5, 0.6) is 5.75 Å². The molecule has 2 aromatic heterocycles. The molecular formula is C25H24FN3O3. The second-order valence-corrected chi connectivity index (χ2v) is 8.12. The molecule has 1 aliphatic rings. The number of aryl methyl sites for hydroxylation is 1. The Labute approximate surface area is 185 Å². The van der Waals surface area contributed by atoms with E-state index in [1.807, 2.05) is 30.1 Å². The van der Waals surface area contributed by atoms with Crippen LogP contribution in [-0.4, -0.2) is 33.4 Å². The van der Waals surface area contributed by atoms with Crippen molar-refractivity contribution in [3.05, 3.63) is 83.8 Å². The van der Waals surface area contributed by atoms with Crippen molar-refractivity contribution in [1.82, 2.24) is 14.5 Å². The molecule has 1 unspecified atom stereocenters. The number of amides is 1. The number of piperidine rings is 1. The van der Waals surface area contributed by atoms with E-state index in [9.17, 15) is 9.18 Å². The largest absolute Gasteiger partial charge is 0.486 e. The van der Waals surface area contributed by atoms with Gasteiger partial charge in [-0.2, -0.15) is 0 Å². The lowest BCUT2D eigenvalue weighted by Gasteiger charge is -2.31. The fourth-order valence-electron chi connectivity index (χ4n) is 4.31. The molecule has 1 amide bonds. The van der Waals surface area contributed by atoms with E-state index < -0.39 is 0 Å². The van der Waals surface area contributed by atoms with E-state index in [1.54, 1.807) is 24.3 Å². The Balaban J connectivity index is 1.26. The summed E-state index contributed by atoms with van der Waals surface area (Å²) in [6.07, 6.45) is 1.91. The summed E-state index contributed by atoms with van der Waals surface area (Å²) in [5.41, 5.74) is 2.08. The Kier molecular flexibility index (Phi) is 5.39. The number of para-hydroxylation sites is 2. The Hall–Kier alpha value is -3.61. The highest BCUT2D eigenvalue weighted by molar-refractivity contribution is 5.91. The lowest BCUT2D eigenvalue weighted by molar-refractivity contribution is 0.0667. The lowest BCUT2D eigenvalue weighted by Crippen LogP contribution is -2.39. The van der Waals surface area contributed by atoms with Crippen molar-refractivity contribution in [2.45, 2.75) is 25.4 Å². The standard InChI is InChI=1S/C25H24FN3O3/c1-28-22-7-3-2-6-21(22)27-24(28)17-5-4-14-29(15-17)25(30)23-13-12-20(32-23)16-31-19-10-8-18(26)9-11-19/h2-3,6-13,17H,4-5,14-16H2,1H3. The summed E-state index contributed by atoms with van der Waals surface area (Å²) in [6.45, 7) is 1.47. The smallest absolute Gasteiger partial charge is 0.289 e. The SMILES string of the molecule is Cn1c(C2CCCN(C(=O)c3ccc(COc4ccc(F)cc4)o3)C2)nc2ccccc21. The van der Waals surface area contributed by atoms with Gasteiger partial charge in [0.2, 0.25) is 0 Å². The summed E-state index contributed by atoms with van der Waals surface area (Å²) in [5, 5.41) is 0. The minimum atomic E-state index is -0.318. The van der Waals surface area contributed by atoms with Crippen LogP contribution in [0.15, 0.2) is 65.1 Å². The van der Waals surface area contributed by atoms with E-state index in [1.165, 1.54) is 12.1 Å². The van der Waals surface area contributed by atoms with Crippen LogP contribution in [0.3, 0.4) is 0 Å². The van der Waals surface area contributed by atoms with Gasteiger partial charge in [-0.3, -0.25) is 4.79 Å². The summed E-state index contributed by atoms with van der Waals surface area (Å²) >= 11 is 0. The molecular weight excluding hydrogens is 409 g/mol. The molecule has 2 aromatic carbocycles. The average molecular weight is 433 g/mol. The molecule has 1 aliphatic heterocycles. The predicted molar refractivity (Wildman–Crippen MR) is 118 cm³/mol. The first-order valence-electron chi connectivity index (χ1n) is 10.8. The quantitative estimate of drug-likeness (QED) is 0.449. The van der Waals surface area contributed by atoms with Crippen LogP contribution in [-0.2, 0) is 13.7 Å². The third-order valence-electron chi connectivity index (χ3n) is 5.96. The van der Waals surface area contributed by atoms with Crippen LogP contribution >= 0.6 is 0 Å². The van der Waals surface area contributed by atoms with Gasteiger partial charge in [0.15, 0.2) is 5.76 Å². The number of aromatic nitrogens is 2. The van der Waals surface area contributed by atoms with Gasteiger partial charge in [0.1, 0.15) is 29.8 Å². The second kappa shape index (κ2) is 8.49. The van der Waals surface area contributed by atoms with Crippen LogP contribution < -0.4 is 4.74 Å². The van der Waals surface area contributed by atoms with Crippen molar-refractivity contribution < 1.29 is 18.3 Å². The molecule has 4 aromatic rings. The number of hydrogen-bond acceptors (Lipinski definition) is 4. The summed E-state index contributed by atoms with van der Waals surface area (Å²) in [5.74, 6) is 2.13. The van der Waals surface area contributed by atoms with Crippen molar-refractivity contribution in [2.75, 3.05) is 13.1 Å². The van der Waals surface area contributed by atoms with Crippen LogP contribution in [0.1, 0.15) is 40.9 Å². The zero-order valence-corrected chi connectivity index (χ0v) is 17.8. The van der Waals surface area contributed by atoms with Gasteiger partial charge in [-0.15, -0.1) is 0 Å². The Morgan fingerprint density at radius 1 is 1.16 bits per heavy atom. The lowest BCUT2D eigenvalue weighted by atomic mass is 9.97. The monoisotopic (exact) mass is 433 g/mol. The molecule has 32 heavy (non-hydrogen) atoms. The van der Waals surface area contributed by atoms with E-state index in [0.29, 0.717) is 30.4 Å². The first kappa shape index (κ1) is 20.3. The molecule has 6 nitrogen and oxygen atoms in total. The predicted octanol–water partition coefficient (Wildman–Crippen LogP) is 4.90. The maximum absolute atomic E-state index is 13.1. The van der Waals surface area contributed by atoms with Gasteiger partial charge in [0, 0.05) is 26.1 Å². The fraction of sp³-hybridized carbons (Fsp3) is 0.280. The molecule has 0 saturated carbocycles. The Morgan fingerprint density at radius 2 is 1.97 bits per heavy atom. The number of imidazole rings is 1. The number of rotatable bonds is 5. The Morgan fingerprint density at radius 3 is 2.78 bits per heavy atom. The number of likely N-dealkylation sites (tertiary alicyclic amines) is 1. The molecule has 0 aliphatic carbocycles. The second-order valence-electron chi connectivity index (χ2n) is 8.12. The first-order valence-corrected chi connectivity index (χ1v) is 10.8. The molecule has 1 fully saturated rings. The van der Waals surface area contributed by atoms with E-state index >= 15 is 0 Å². The number of ether oxygens (including phenoxy) is 1. The third kappa shape index (κ3) is 3.98. The topological polar surface area (TPSA) is 60.5 Å². The summed E-state index contributed by atoms with van der Waals surface area (Å²) in [7, 11) is 2.03. The van der Waals surface area contributed by atoms with Crippen molar-refractivity contribution >= 4 is 16.9 Å². The highest BCUT2D eigenvalue weighted by Crippen LogP contribution is 2.29. The third-order valence-corrected chi connectivity index (χ3v) is 5.96. The molecule has 0 spiro atoms. The number of carbonyl (C=O) groups is 1. The number of benzene rings is 2. The van der Waals surface area contributed by atoms with Gasteiger partial charge >= 0.3 is 0 Å². The highest BCUT2D eigenvalue weighted by atomic mass is 19.1. The highest BCUT2D eigenvalue weighted by Gasteiger charge is 2.29. The Bertz CT molecular complexity index is 1250. The normalized spacial score (nSPS) is 16.4. The van der Waals surface area contributed by atoms with Crippen molar-refractivity contribution in [1.29, 1.82) is 0 Å². The van der Waals surface area contributed by atoms with E-state index in [-0.39, 0.29) is 24.2 Å². The number of carbonyl (C=O) groups excluding carboxylic acids is 1. The van der Waals surface area contributed by atoms with Gasteiger partial charge in [-0.05, 0) is 61.4 Å². The summed E-state index contributed by atoms with van der Waals surface area (Å²) in [4.78, 5) is 19.8. The maximum Gasteiger partial charge on any atom is 0.289 e. The number of fused-ring (bicyclic) bond motifs is 1. The maximum atomic E-state index is 13.1. The summed E-state index contributed by atoms with van der Waals surface area (Å²) in [6, 6.07) is 17.3. The van der Waals surface area contributed by atoms with Gasteiger partial charge < -0.3 is 18.6 Å². The van der Waals surface area contributed by atoms with Crippen LogP contribution in [0, 0.1) is 5.82 Å². The van der Waals surface area contributed by atoms with E-state index in [4.69, 9.17) is 14.1 Å². The molecule has 0 bridgehead atoms. The van der Waals surface area contributed by atoms with Gasteiger partial charge in [0.05, 0.1) is 11.0 Å². The first-order chi connectivity index (χ1) is 15.6. The molecule has 1 atom stereocenters. The van der Waals surface area contributed by atoms with Gasteiger partial charge in [-0.25, -0.2) is 9.37 Å². The van der Waals surface area contributed by atoms with Gasteiger partial charge in [-0.1, -0.05) is 12.1 Å². The van der Waals surface area contributed by atoms with Crippen LogP contribution in [0.2, 0.25) is 0 Å². The van der Waals surface area contributed by atoms with Gasteiger partial charge in [0.25, 0.3) is 5.91 Å². The minimum absolute atomic E-state index is 0.124. The fourth-order valence-corrected chi connectivity index (χ4v) is 4.31. The van der Waals surface area contributed by atoms with Crippen molar-refractivity contribution in [3.63, 3.8) is 0 Å². The minimum Gasteiger partial charge on any atom is -0.486 e. The number of hydrogen-bond donors (Lipinski definition) is 0. The zero-order valence-electron chi connectivity index (χ0n) is 17.8. The summed E-state index contributed by atoms with van der Waals surface area (Å²) < 4.78 is 26.5. The van der Waals surface area contributed by atoms with Crippen molar-refractivity contribution in [2.24, 2.45) is 7.05 Å². The van der Waals surface area contributed by atoms with E-state index in [2.05, 4.69) is 10.6 Å². The van der Waals surface area contributed by atoms with Crippen LogP contribution in [0.25, 0.3) is 11.0 Å². The molecule has 5 rings (SSSR count). The zero-order chi connectivity index (χ0) is 22.1. The van der Waals surface area contributed by atoms with E-state index in [0.717, 1.165) is 29.7 Å².